The van der Waals surface area contributed by atoms with Gasteiger partial charge in [-0.25, -0.2) is 0 Å². The third-order valence-electron chi connectivity index (χ3n) is 5.66. The van der Waals surface area contributed by atoms with Gasteiger partial charge in [0.05, 0.1) is 6.61 Å². The fourth-order valence-corrected chi connectivity index (χ4v) is 5.49. The fraction of sp³-hybridized carbons (Fsp3) is 0.259. The molecule has 0 amide bonds. The average Bonchev–Trinajstić information content (AvgIpc) is 3.23. The highest BCUT2D eigenvalue weighted by atomic mass is 35.5. The smallest absolute Gasteiger partial charge is 0.220 e. The number of benzene rings is 3. The van der Waals surface area contributed by atoms with Crippen LogP contribution in [0.25, 0.3) is 5.69 Å². The summed E-state index contributed by atoms with van der Waals surface area (Å²) in [6, 6.07) is 18.5. The van der Waals surface area contributed by atoms with Crippen molar-refractivity contribution in [3.05, 3.63) is 103 Å². The zero-order chi connectivity index (χ0) is 27.2. The van der Waals surface area contributed by atoms with Crippen molar-refractivity contribution in [2.75, 3.05) is 13.2 Å². The molecule has 0 spiro atoms. The minimum atomic E-state index is -0.545. The molecule has 1 heterocycles. The monoisotopic (exact) mass is 572 g/mol. The van der Waals surface area contributed by atoms with E-state index in [2.05, 4.69) is 10.2 Å². The first-order chi connectivity index (χ1) is 18.2. The molecule has 0 unspecified atom stereocenters. The fourth-order valence-electron chi connectivity index (χ4n) is 3.86. The van der Waals surface area contributed by atoms with Crippen molar-refractivity contribution in [1.82, 2.24) is 14.8 Å². The van der Waals surface area contributed by atoms with Gasteiger partial charge in [-0.1, -0.05) is 59.2 Å². The third-order valence-corrected chi connectivity index (χ3v) is 7.42. The highest BCUT2D eigenvalue weighted by Crippen LogP contribution is 2.40. The highest BCUT2D eigenvalue weighted by Gasteiger charge is 2.25. The molecule has 3 aromatic carbocycles. The van der Waals surface area contributed by atoms with Crippen molar-refractivity contribution in [3.8, 4) is 17.2 Å². The van der Waals surface area contributed by atoms with Crippen LogP contribution in [-0.2, 0) is 6.61 Å². The predicted molar refractivity (Wildman–Crippen MR) is 150 cm³/mol. The molecule has 11 heteroatoms. The Bertz CT molecular complexity index is 1450. The molecule has 1 aromatic heterocycles. The van der Waals surface area contributed by atoms with Crippen molar-refractivity contribution < 1.29 is 14.4 Å². The molecule has 4 aromatic rings. The molecule has 0 N–H and O–H groups in total. The van der Waals surface area contributed by atoms with Gasteiger partial charge in [0.15, 0.2) is 16.7 Å². The van der Waals surface area contributed by atoms with Crippen LogP contribution in [0.4, 0.5) is 0 Å². The first-order valence-electron chi connectivity index (χ1n) is 11.9. The van der Waals surface area contributed by atoms with Gasteiger partial charge in [-0.05, 0) is 68.3 Å². The van der Waals surface area contributed by atoms with Crippen LogP contribution < -0.4 is 9.47 Å². The van der Waals surface area contributed by atoms with Crippen LogP contribution in [0.5, 0.6) is 11.5 Å². The summed E-state index contributed by atoms with van der Waals surface area (Å²) in [6.45, 7) is 6.02. The summed E-state index contributed by atoms with van der Waals surface area (Å²) in [5, 5.41) is 21.3. The number of aryl methyl sites for hydroxylation is 2. The lowest BCUT2D eigenvalue weighted by Gasteiger charge is -2.18. The number of rotatable bonds is 11. The molecule has 0 aliphatic heterocycles. The van der Waals surface area contributed by atoms with Crippen LogP contribution in [0.2, 0.25) is 10.0 Å². The van der Waals surface area contributed by atoms with Gasteiger partial charge in [0, 0.05) is 26.2 Å². The summed E-state index contributed by atoms with van der Waals surface area (Å²) in [7, 11) is 0. The Hall–Kier alpha value is -3.27. The third kappa shape index (κ3) is 6.78. The van der Waals surface area contributed by atoms with Crippen LogP contribution in [0.15, 0.2) is 65.8 Å². The van der Waals surface area contributed by atoms with Gasteiger partial charge < -0.3 is 9.47 Å². The standard InChI is InChI=1S/C27H26Cl2N4O4S/c1-4-36-25-13-19(9-11-24(25)37-16-20-8-10-21(28)14-23(20)29)26(15-32(34)35)38-27-31-30-18(3)33(27)22-7-5-6-17(2)12-22/h5-14,26H,4,15-16H2,1-3H3/t26-/m0/s1. The molecule has 0 bridgehead atoms. The summed E-state index contributed by atoms with van der Waals surface area (Å²) in [4.78, 5) is 11.3. The summed E-state index contributed by atoms with van der Waals surface area (Å²) in [5.74, 6) is 1.68. The Kier molecular flexibility index (Phi) is 9.14. The lowest BCUT2D eigenvalue weighted by molar-refractivity contribution is -0.479. The topological polar surface area (TPSA) is 92.3 Å². The number of nitro groups is 1. The molecule has 0 saturated carbocycles. The highest BCUT2D eigenvalue weighted by molar-refractivity contribution is 7.99. The number of hydrogen-bond donors (Lipinski definition) is 0. The number of ether oxygens (including phenoxy) is 2. The van der Waals surface area contributed by atoms with Crippen LogP contribution in [0.3, 0.4) is 0 Å². The summed E-state index contributed by atoms with van der Waals surface area (Å²) in [6.07, 6.45) is 0. The number of halogens is 2. The number of thioether (sulfide) groups is 1. The van der Waals surface area contributed by atoms with E-state index in [-0.39, 0.29) is 18.1 Å². The van der Waals surface area contributed by atoms with Crippen molar-refractivity contribution in [2.45, 2.75) is 37.8 Å². The molecule has 8 nitrogen and oxygen atoms in total. The Balaban J connectivity index is 1.63. The molecule has 0 aliphatic rings. The predicted octanol–water partition coefficient (Wildman–Crippen LogP) is 7.28. The summed E-state index contributed by atoms with van der Waals surface area (Å²) >= 11 is 13.6. The second-order valence-corrected chi connectivity index (χ2v) is 10.5. The van der Waals surface area contributed by atoms with E-state index in [1.807, 2.05) is 55.7 Å². The molecule has 0 fully saturated rings. The maximum atomic E-state index is 11.6. The van der Waals surface area contributed by atoms with E-state index in [0.29, 0.717) is 44.7 Å². The first kappa shape index (κ1) is 27.8. The minimum absolute atomic E-state index is 0.210. The molecule has 0 aliphatic carbocycles. The van der Waals surface area contributed by atoms with Gasteiger partial charge in [0.2, 0.25) is 6.54 Å². The summed E-state index contributed by atoms with van der Waals surface area (Å²) < 4.78 is 13.7. The van der Waals surface area contributed by atoms with Gasteiger partial charge in [-0.3, -0.25) is 14.7 Å². The largest absolute Gasteiger partial charge is 0.490 e. The van der Waals surface area contributed by atoms with Crippen molar-refractivity contribution in [3.63, 3.8) is 0 Å². The minimum Gasteiger partial charge on any atom is -0.490 e. The van der Waals surface area contributed by atoms with E-state index >= 15 is 0 Å². The summed E-state index contributed by atoms with van der Waals surface area (Å²) in [5.41, 5.74) is 3.47. The van der Waals surface area contributed by atoms with E-state index in [1.165, 1.54) is 11.8 Å². The van der Waals surface area contributed by atoms with Crippen LogP contribution in [-0.4, -0.2) is 32.8 Å². The van der Waals surface area contributed by atoms with E-state index in [9.17, 15) is 10.1 Å². The maximum absolute atomic E-state index is 11.6. The number of nitrogens with zero attached hydrogens (tertiary/aromatic N) is 4. The second-order valence-electron chi connectivity index (χ2n) is 8.49. The van der Waals surface area contributed by atoms with Crippen molar-refractivity contribution in [1.29, 1.82) is 0 Å². The van der Waals surface area contributed by atoms with E-state index in [4.69, 9.17) is 32.7 Å². The van der Waals surface area contributed by atoms with Gasteiger partial charge in [-0.2, -0.15) is 0 Å². The van der Waals surface area contributed by atoms with Gasteiger partial charge in [0.25, 0.3) is 0 Å². The molecular weight excluding hydrogens is 547 g/mol. The van der Waals surface area contributed by atoms with E-state index < -0.39 is 5.25 Å². The SMILES string of the molecule is CCOc1cc([C@H](C[N+](=O)[O-])Sc2nnc(C)n2-c2cccc(C)c2)ccc1OCc1ccc(Cl)cc1Cl. The maximum Gasteiger partial charge on any atom is 0.220 e. The lowest BCUT2D eigenvalue weighted by atomic mass is 10.1. The quantitative estimate of drug-likeness (QED) is 0.106. The lowest BCUT2D eigenvalue weighted by Crippen LogP contribution is -2.12. The average molecular weight is 574 g/mol. The first-order valence-corrected chi connectivity index (χ1v) is 13.5. The number of aromatic nitrogens is 3. The van der Waals surface area contributed by atoms with E-state index in [0.717, 1.165) is 16.8 Å². The molecular formula is C27H26Cl2N4O4S. The zero-order valence-electron chi connectivity index (χ0n) is 21.1. The zero-order valence-corrected chi connectivity index (χ0v) is 23.4. The molecule has 1 atom stereocenters. The molecule has 4 rings (SSSR count). The molecule has 38 heavy (non-hydrogen) atoms. The van der Waals surface area contributed by atoms with E-state index in [1.54, 1.807) is 30.3 Å². The van der Waals surface area contributed by atoms with Gasteiger partial charge in [-0.15, -0.1) is 10.2 Å². The van der Waals surface area contributed by atoms with Crippen LogP contribution in [0.1, 0.15) is 34.7 Å². The molecule has 198 valence electrons. The Labute approximate surface area is 235 Å². The Morgan fingerprint density at radius 3 is 2.55 bits per heavy atom. The van der Waals surface area contributed by atoms with Crippen LogP contribution >= 0.6 is 35.0 Å². The Morgan fingerprint density at radius 1 is 1.03 bits per heavy atom. The molecule has 0 radical (unpaired) electrons. The van der Waals surface area contributed by atoms with Crippen LogP contribution in [0, 0.1) is 24.0 Å². The number of hydrogen-bond acceptors (Lipinski definition) is 7. The normalized spacial score (nSPS) is 11.8. The second kappa shape index (κ2) is 12.5. The molecule has 0 saturated heterocycles. The van der Waals surface area contributed by atoms with Gasteiger partial charge in [0.1, 0.15) is 17.7 Å². The van der Waals surface area contributed by atoms with Crippen molar-refractivity contribution >= 4 is 35.0 Å². The van der Waals surface area contributed by atoms with Gasteiger partial charge >= 0.3 is 0 Å². The Morgan fingerprint density at radius 2 is 1.84 bits per heavy atom. The van der Waals surface area contributed by atoms with Crippen molar-refractivity contribution in [2.24, 2.45) is 0 Å².